The molecule has 0 fully saturated rings. The Labute approximate surface area is 62.8 Å². The zero-order valence-corrected chi connectivity index (χ0v) is 6.88. The number of hydrogen-bond donors (Lipinski definition) is 2. The fourth-order valence-electron chi connectivity index (χ4n) is 0.927. The Kier molecular flexibility index (Phi) is 5.58. The molecule has 62 valence electrons. The van der Waals surface area contributed by atoms with E-state index in [2.05, 4.69) is 11.8 Å². The first kappa shape index (κ1) is 9.88. The molecular weight excluding hydrogens is 128 g/mol. The summed E-state index contributed by atoms with van der Waals surface area (Å²) < 4.78 is 0. The smallest absolute Gasteiger partial charge is 0.0558 e. The molecule has 0 heterocycles. The fourth-order valence-corrected chi connectivity index (χ4v) is 0.927. The first-order valence-corrected chi connectivity index (χ1v) is 3.79. The van der Waals surface area contributed by atoms with Crippen LogP contribution in [0.4, 0.5) is 0 Å². The minimum atomic E-state index is 0.200. The van der Waals surface area contributed by atoms with Gasteiger partial charge in [0.15, 0.2) is 0 Å². The quantitative estimate of drug-likeness (QED) is 0.557. The van der Waals surface area contributed by atoms with Gasteiger partial charge in [-0.15, -0.1) is 0 Å². The Morgan fingerprint density at radius 2 is 2.20 bits per heavy atom. The van der Waals surface area contributed by atoms with Gasteiger partial charge in [-0.05, 0) is 13.5 Å². The van der Waals surface area contributed by atoms with E-state index in [1.807, 2.05) is 6.92 Å². The lowest BCUT2D eigenvalue weighted by molar-refractivity contribution is 0.196. The predicted molar refractivity (Wildman–Crippen MR) is 42.8 cm³/mol. The third-order valence-electron chi connectivity index (χ3n) is 1.41. The lowest BCUT2D eigenvalue weighted by Crippen LogP contribution is -2.37. The highest BCUT2D eigenvalue weighted by molar-refractivity contribution is 4.61. The fraction of sp³-hybridized carbons (Fsp3) is 1.00. The molecule has 0 aromatic carbocycles. The number of rotatable bonds is 5. The minimum absolute atomic E-state index is 0.200. The van der Waals surface area contributed by atoms with Gasteiger partial charge in [0.05, 0.1) is 6.61 Å². The van der Waals surface area contributed by atoms with Crippen LogP contribution in [0.1, 0.15) is 13.8 Å². The summed E-state index contributed by atoms with van der Waals surface area (Å²) in [5.74, 6) is 0. The summed E-state index contributed by atoms with van der Waals surface area (Å²) >= 11 is 0. The zero-order chi connectivity index (χ0) is 7.98. The summed E-state index contributed by atoms with van der Waals surface area (Å²) in [7, 11) is 0. The first-order valence-electron chi connectivity index (χ1n) is 3.79. The van der Waals surface area contributed by atoms with Crippen LogP contribution in [0.25, 0.3) is 0 Å². The Bertz CT molecular complexity index is 76.0. The number of nitrogens with two attached hydrogens (primary N) is 1. The van der Waals surface area contributed by atoms with Crippen molar-refractivity contribution in [2.75, 3.05) is 26.2 Å². The van der Waals surface area contributed by atoms with Gasteiger partial charge in [-0.2, -0.15) is 0 Å². The van der Waals surface area contributed by atoms with Gasteiger partial charge in [-0.3, -0.25) is 4.90 Å². The van der Waals surface area contributed by atoms with Gasteiger partial charge in [0.1, 0.15) is 0 Å². The first-order chi connectivity index (χ1) is 4.70. The molecule has 1 atom stereocenters. The standard InChI is InChI=1S/C7H18N2O/c1-3-9(4-5-10)6-7(2)8/h7,10H,3-6,8H2,1-2H3. The summed E-state index contributed by atoms with van der Waals surface area (Å²) in [6, 6.07) is 0.200. The van der Waals surface area contributed by atoms with Crippen LogP contribution >= 0.6 is 0 Å². The van der Waals surface area contributed by atoms with E-state index in [1.165, 1.54) is 0 Å². The minimum Gasteiger partial charge on any atom is -0.395 e. The van der Waals surface area contributed by atoms with E-state index >= 15 is 0 Å². The van der Waals surface area contributed by atoms with Crippen LogP contribution in [0.3, 0.4) is 0 Å². The van der Waals surface area contributed by atoms with Gasteiger partial charge < -0.3 is 10.8 Å². The molecule has 0 amide bonds. The lowest BCUT2D eigenvalue weighted by Gasteiger charge is -2.20. The van der Waals surface area contributed by atoms with E-state index in [1.54, 1.807) is 0 Å². The molecule has 0 saturated heterocycles. The zero-order valence-electron chi connectivity index (χ0n) is 6.88. The van der Waals surface area contributed by atoms with Crippen LogP contribution in [0.15, 0.2) is 0 Å². The van der Waals surface area contributed by atoms with E-state index < -0.39 is 0 Å². The molecule has 0 bridgehead atoms. The second kappa shape index (κ2) is 5.65. The van der Waals surface area contributed by atoms with Gasteiger partial charge in [0.25, 0.3) is 0 Å². The molecule has 3 N–H and O–H groups in total. The molecule has 0 saturated carbocycles. The topological polar surface area (TPSA) is 49.5 Å². The van der Waals surface area contributed by atoms with Gasteiger partial charge in [0, 0.05) is 19.1 Å². The maximum Gasteiger partial charge on any atom is 0.0558 e. The van der Waals surface area contributed by atoms with E-state index in [9.17, 15) is 0 Å². The summed E-state index contributed by atoms with van der Waals surface area (Å²) in [5, 5.41) is 8.60. The molecule has 0 rings (SSSR count). The SMILES string of the molecule is CCN(CCO)CC(C)N. The molecule has 0 aliphatic rings. The normalized spacial score (nSPS) is 14.1. The number of hydrogen-bond acceptors (Lipinski definition) is 3. The van der Waals surface area contributed by atoms with Gasteiger partial charge in [-0.1, -0.05) is 6.92 Å². The number of likely N-dealkylation sites (N-methyl/N-ethyl adjacent to an activating group) is 1. The Balaban J connectivity index is 3.39. The summed E-state index contributed by atoms with van der Waals surface area (Å²) in [5.41, 5.74) is 5.58. The third kappa shape index (κ3) is 4.73. The summed E-state index contributed by atoms with van der Waals surface area (Å²) in [4.78, 5) is 2.13. The monoisotopic (exact) mass is 146 g/mol. The van der Waals surface area contributed by atoms with Crippen LogP contribution in [-0.2, 0) is 0 Å². The van der Waals surface area contributed by atoms with Crippen molar-refractivity contribution in [3.63, 3.8) is 0 Å². The van der Waals surface area contributed by atoms with Crippen LogP contribution in [0.2, 0.25) is 0 Å². The van der Waals surface area contributed by atoms with Gasteiger partial charge in [-0.25, -0.2) is 0 Å². The van der Waals surface area contributed by atoms with Gasteiger partial charge in [0.2, 0.25) is 0 Å². The van der Waals surface area contributed by atoms with Crippen molar-refractivity contribution in [1.82, 2.24) is 4.90 Å². The van der Waals surface area contributed by atoms with Crippen molar-refractivity contribution in [3.05, 3.63) is 0 Å². The van der Waals surface area contributed by atoms with Crippen LogP contribution in [0.5, 0.6) is 0 Å². The molecule has 1 unspecified atom stereocenters. The highest BCUT2D eigenvalue weighted by Gasteiger charge is 2.02. The number of aliphatic hydroxyl groups excluding tert-OH is 1. The largest absolute Gasteiger partial charge is 0.395 e. The second-order valence-electron chi connectivity index (χ2n) is 2.59. The predicted octanol–water partition coefficient (Wildman–Crippen LogP) is -0.352. The van der Waals surface area contributed by atoms with E-state index in [4.69, 9.17) is 10.8 Å². The highest BCUT2D eigenvalue weighted by Crippen LogP contribution is 1.88. The third-order valence-corrected chi connectivity index (χ3v) is 1.41. The number of aliphatic hydroxyl groups is 1. The van der Waals surface area contributed by atoms with Crippen molar-refractivity contribution in [3.8, 4) is 0 Å². The molecule has 0 aromatic heterocycles. The summed E-state index contributed by atoms with van der Waals surface area (Å²) in [6.45, 7) is 6.83. The molecule has 0 radical (unpaired) electrons. The Hall–Kier alpha value is -0.120. The Morgan fingerprint density at radius 3 is 2.50 bits per heavy atom. The van der Waals surface area contributed by atoms with Crippen molar-refractivity contribution in [1.29, 1.82) is 0 Å². The lowest BCUT2D eigenvalue weighted by atomic mass is 10.3. The second-order valence-corrected chi connectivity index (χ2v) is 2.59. The molecule has 10 heavy (non-hydrogen) atoms. The molecule has 0 aliphatic carbocycles. The van der Waals surface area contributed by atoms with E-state index in [0.717, 1.165) is 19.6 Å². The average molecular weight is 146 g/mol. The molecular formula is C7H18N2O. The maximum atomic E-state index is 8.60. The van der Waals surface area contributed by atoms with Crippen molar-refractivity contribution in [2.24, 2.45) is 5.73 Å². The average Bonchev–Trinajstić information content (AvgIpc) is 1.86. The molecule has 0 spiro atoms. The molecule has 3 nitrogen and oxygen atoms in total. The van der Waals surface area contributed by atoms with Crippen LogP contribution in [-0.4, -0.2) is 42.3 Å². The van der Waals surface area contributed by atoms with Crippen molar-refractivity contribution >= 4 is 0 Å². The molecule has 0 aromatic rings. The molecule has 3 heteroatoms. The Morgan fingerprint density at radius 1 is 1.60 bits per heavy atom. The maximum absolute atomic E-state index is 8.60. The van der Waals surface area contributed by atoms with E-state index in [0.29, 0.717) is 0 Å². The van der Waals surface area contributed by atoms with Crippen LogP contribution in [0, 0.1) is 0 Å². The summed E-state index contributed by atoms with van der Waals surface area (Å²) in [6.07, 6.45) is 0. The molecule has 0 aliphatic heterocycles. The number of nitrogens with zero attached hydrogens (tertiary/aromatic N) is 1. The van der Waals surface area contributed by atoms with E-state index in [-0.39, 0.29) is 12.6 Å². The van der Waals surface area contributed by atoms with Crippen molar-refractivity contribution < 1.29 is 5.11 Å². The highest BCUT2D eigenvalue weighted by atomic mass is 16.3. The van der Waals surface area contributed by atoms with Gasteiger partial charge >= 0.3 is 0 Å². The van der Waals surface area contributed by atoms with Crippen molar-refractivity contribution in [2.45, 2.75) is 19.9 Å². The van der Waals surface area contributed by atoms with Crippen LogP contribution < -0.4 is 5.73 Å².